The maximum atomic E-state index is 7.89. The molecular formula is C20H21N5S. The summed E-state index contributed by atoms with van der Waals surface area (Å²) >= 11 is 1.61. The second kappa shape index (κ2) is 9.60. The van der Waals surface area contributed by atoms with Crippen LogP contribution in [0.25, 0.3) is 11.1 Å². The molecule has 1 heterocycles. The summed E-state index contributed by atoms with van der Waals surface area (Å²) in [7, 11) is 0. The summed E-state index contributed by atoms with van der Waals surface area (Å²) in [6.45, 7) is 1.37. The Kier molecular flexibility index (Phi) is 6.64. The van der Waals surface area contributed by atoms with Gasteiger partial charge in [-0.25, -0.2) is 0 Å². The van der Waals surface area contributed by atoms with E-state index in [4.69, 9.17) is 5.41 Å². The first-order chi connectivity index (χ1) is 12.8. The van der Waals surface area contributed by atoms with Crippen molar-refractivity contribution < 1.29 is 0 Å². The molecule has 0 spiro atoms. The Morgan fingerprint density at radius 1 is 0.923 bits per heavy atom. The van der Waals surface area contributed by atoms with Gasteiger partial charge in [0.25, 0.3) is 0 Å². The van der Waals surface area contributed by atoms with Gasteiger partial charge < -0.3 is 10.6 Å². The van der Waals surface area contributed by atoms with Crippen LogP contribution < -0.4 is 15.4 Å². The van der Waals surface area contributed by atoms with Gasteiger partial charge in [0.15, 0.2) is 5.96 Å². The van der Waals surface area contributed by atoms with E-state index >= 15 is 0 Å². The number of pyridine rings is 1. The van der Waals surface area contributed by atoms with Crippen LogP contribution in [0.1, 0.15) is 0 Å². The maximum absolute atomic E-state index is 7.89. The second-order valence-corrected chi connectivity index (χ2v) is 6.46. The molecule has 0 fully saturated rings. The minimum absolute atomic E-state index is 0.259. The van der Waals surface area contributed by atoms with Gasteiger partial charge >= 0.3 is 0 Å². The zero-order valence-corrected chi connectivity index (χ0v) is 15.1. The van der Waals surface area contributed by atoms with Crippen molar-refractivity contribution in [2.45, 2.75) is 4.90 Å². The van der Waals surface area contributed by atoms with Gasteiger partial charge in [-0.1, -0.05) is 48.5 Å². The van der Waals surface area contributed by atoms with Gasteiger partial charge in [0.05, 0.1) is 11.9 Å². The van der Waals surface area contributed by atoms with Crippen molar-refractivity contribution in [1.82, 2.24) is 15.0 Å². The Morgan fingerprint density at radius 3 is 2.54 bits per heavy atom. The van der Waals surface area contributed by atoms with Gasteiger partial charge in [-0.05, 0) is 41.3 Å². The zero-order chi connectivity index (χ0) is 18.0. The van der Waals surface area contributed by atoms with E-state index in [1.165, 1.54) is 16.0 Å². The van der Waals surface area contributed by atoms with Crippen LogP contribution in [0.4, 0.5) is 5.69 Å². The second-order valence-electron chi connectivity index (χ2n) is 5.53. The molecule has 0 aliphatic rings. The van der Waals surface area contributed by atoms with Crippen molar-refractivity contribution in [3.05, 3.63) is 79.1 Å². The average molecular weight is 363 g/mol. The van der Waals surface area contributed by atoms with Crippen molar-refractivity contribution in [2.75, 3.05) is 18.4 Å². The number of benzene rings is 2. The molecule has 6 heteroatoms. The fourth-order valence-electron chi connectivity index (χ4n) is 2.40. The number of aromatic nitrogens is 1. The molecular weight excluding hydrogens is 342 g/mol. The lowest BCUT2D eigenvalue weighted by Gasteiger charge is -2.12. The molecule has 0 saturated heterocycles. The fraction of sp³-hybridized carbons (Fsp3) is 0.100. The van der Waals surface area contributed by atoms with E-state index in [2.05, 4.69) is 62.8 Å². The Morgan fingerprint density at radius 2 is 1.73 bits per heavy atom. The summed E-state index contributed by atoms with van der Waals surface area (Å²) in [5.74, 6) is 0.259. The SMILES string of the molecule is N=C(NCCNSc1ccccc1-c1ccccc1)Nc1cccnc1. The minimum atomic E-state index is 0.259. The van der Waals surface area contributed by atoms with Crippen LogP contribution in [-0.4, -0.2) is 24.0 Å². The largest absolute Gasteiger partial charge is 0.355 e. The molecule has 0 unspecified atom stereocenters. The Labute approximate surface area is 157 Å². The maximum Gasteiger partial charge on any atom is 0.193 e. The molecule has 1 aromatic heterocycles. The Bertz CT molecular complexity index is 824. The standard InChI is InChI=1S/C20H21N5S/c21-20(25-17-9-6-12-22-15-17)23-13-14-24-26-19-11-5-4-10-18(19)16-7-2-1-3-8-16/h1-12,15,24H,13-14H2,(H3,21,23,25). The predicted molar refractivity (Wildman–Crippen MR) is 109 cm³/mol. The van der Waals surface area contributed by atoms with E-state index in [0.717, 1.165) is 12.2 Å². The highest BCUT2D eigenvalue weighted by atomic mass is 32.2. The highest BCUT2D eigenvalue weighted by Gasteiger charge is 2.04. The van der Waals surface area contributed by atoms with E-state index in [1.807, 2.05) is 24.3 Å². The Hall–Kier alpha value is -2.83. The first-order valence-corrected chi connectivity index (χ1v) is 9.18. The quantitative estimate of drug-likeness (QED) is 0.221. The number of anilines is 1. The lowest BCUT2D eigenvalue weighted by atomic mass is 10.1. The first kappa shape index (κ1) is 18.0. The molecule has 0 atom stereocenters. The molecule has 5 nitrogen and oxygen atoms in total. The number of hydrogen-bond donors (Lipinski definition) is 4. The molecule has 0 aliphatic heterocycles. The fourth-order valence-corrected chi connectivity index (χ4v) is 3.21. The lowest BCUT2D eigenvalue weighted by Crippen LogP contribution is -2.34. The molecule has 0 aliphatic carbocycles. The summed E-state index contributed by atoms with van der Waals surface area (Å²) in [6, 6.07) is 22.4. The number of nitrogens with zero attached hydrogens (tertiary/aromatic N) is 1. The predicted octanol–water partition coefficient (Wildman–Crippen LogP) is 3.98. The van der Waals surface area contributed by atoms with Gasteiger partial charge in [0, 0.05) is 24.2 Å². The zero-order valence-electron chi connectivity index (χ0n) is 14.3. The summed E-state index contributed by atoms with van der Waals surface area (Å²) in [6.07, 6.45) is 3.39. The third-order valence-corrected chi connectivity index (χ3v) is 4.54. The molecule has 3 rings (SSSR count). The van der Waals surface area contributed by atoms with Crippen LogP contribution in [0.2, 0.25) is 0 Å². The normalized spacial score (nSPS) is 10.3. The molecule has 26 heavy (non-hydrogen) atoms. The molecule has 3 aromatic rings. The van der Waals surface area contributed by atoms with Gasteiger partial charge in [0.2, 0.25) is 0 Å². The van der Waals surface area contributed by atoms with Crippen LogP contribution in [-0.2, 0) is 0 Å². The smallest absolute Gasteiger partial charge is 0.193 e. The average Bonchev–Trinajstić information content (AvgIpc) is 2.69. The molecule has 0 radical (unpaired) electrons. The van der Waals surface area contributed by atoms with Crippen LogP contribution in [0.15, 0.2) is 84.0 Å². The van der Waals surface area contributed by atoms with Crippen molar-refractivity contribution in [2.24, 2.45) is 0 Å². The number of nitrogens with one attached hydrogen (secondary N) is 4. The van der Waals surface area contributed by atoms with Crippen molar-refractivity contribution in [1.29, 1.82) is 5.41 Å². The van der Waals surface area contributed by atoms with E-state index in [1.54, 1.807) is 24.3 Å². The van der Waals surface area contributed by atoms with Crippen LogP contribution in [0.5, 0.6) is 0 Å². The van der Waals surface area contributed by atoms with Gasteiger partial charge in [-0.3, -0.25) is 15.1 Å². The molecule has 2 aromatic carbocycles. The van der Waals surface area contributed by atoms with E-state index < -0.39 is 0 Å². The third-order valence-electron chi connectivity index (χ3n) is 3.61. The van der Waals surface area contributed by atoms with Crippen LogP contribution in [0.3, 0.4) is 0 Å². The van der Waals surface area contributed by atoms with Gasteiger partial charge in [-0.15, -0.1) is 0 Å². The number of rotatable bonds is 7. The van der Waals surface area contributed by atoms with Crippen LogP contribution in [0, 0.1) is 5.41 Å². The Balaban J connectivity index is 1.44. The highest BCUT2D eigenvalue weighted by Crippen LogP contribution is 2.29. The van der Waals surface area contributed by atoms with Crippen molar-refractivity contribution in [3.63, 3.8) is 0 Å². The molecule has 0 amide bonds. The number of hydrogen-bond acceptors (Lipinski definition) is 4. The van der Waals surface area contributed by atoms with Gasteiger partial charge in [0.1, 0.15) is 0 Å². The molecule has 0 saturated carbocycles. The lowest BCUT2D eigenvalue weighted by molar-refractivity contribution is 0.833. The van der Waals surface area contributed by atoms with Crippen LogP contribution >= 0.6 is 11.9 Å². The van der Waals surface area contributed by atoms with E-state index in [0.29, 0.717) is 6.54 Å². The first-order valence-electron chi connectivity index (χ1n) is 8.36. The summed E-state index contributed by atoms with van der Waals surface area (Å²) in [5, 5.41) is 13.9. The van der Waals surface area contributed by atoms with E-state index in [-0.39, 0.29) is 5.96 Å². The molecule has 132 valence electrons. The molecule has 0 bridgehead atoms. The number of guanidine groups is 1. The minimum Gasteiger partial charge on any atom is -0.355 e. The van der Waals surface area contributed by atoms with Crippen molar-refractivity contribution in [3.8, 4) is 11.1 Å². The summed E-state index contributed by atoms with van der Waals surface area (Å²) in [4.78, 5) is 5.19. The highest BCUT2D eigenvalue weighted by molar-refractivity contribution is 7.97. The third kappa shape index (κ3) is 5.34. The topological polar surface area (TPSA) is 72.8 Å². The monoisotopic (exact) mass is 363 g/mol. The summed E-state index contributed by atoms with van der Waals surface area (Å²) in [5.41, 5.74) is 3.21. The summed E-state index contributed by atoms with van der Waals surface area (Å²) < 4.78 is 3.35. The molecule has 4 N–H and O–H groups in total. The van der Waals surface area contributed by atoms with E-state index in [9.17, 15) is 0 Å². The van der Waals surface area contributed by atoms with Crippen molar-refractivity contribution >= 4 is 23.6 Å². The van der Waals surface area contributed by atoms with Gasteiger partial charge in [-0.2, -0.15) is 0 Å².